The van der Waals surface area contributed by atoms with E-state index in [-0.39, 0.29) is 6.04 Å². The molecule has 3 nitrogen and oxygen atoms in total. The molecular formula is C18H23ClN2O. The Morgan fingerprint density at radius 2 is 1.91 bits per heavy atom. The van der Waals surface area contributed by atoms with E-state index >= 15 is 0 Å². The Morgan fingerprint density at radius 1 is 1.18 bits per heavy atom. The highest BCUT2D eigenvalue weighted by Crippen LogP contribution is 2.31. The summed E-state index contributed by atoms with van der Waals surface area (Å²) in [7, 11) is 2.07. The van der Waals surface area contributed by atoms with Gasteiger partial charge in [0.15, 0.2) is 0 Å². The number of ether oxygens (including phenoxy) is 1. The van der Waals surface area contributed by atoms with Gasteiger partial charge in [-0.2, -0.15) is 0 Å². The summed E-state index contributed by atoms with van der Waals surface area (Å²) >= 11 is 6.17. The molecule has 0 spiro atoms. The van der Waals surface area contributed by atoms with Crippen LogP contribution in [-0.4, -0.2) is 25.1 Å². The molecule has 4 heteroatoms. The van der Waals surface area contributed by atoms with E-state index in [1.807, 2.05) is 43.3 Å². The Balaban J connectivity index is 2.25. The maximum Gasteiger partial charge on any atom is 0.124 e. The first kappa shape index (κ1) is 16.8. The minimum atomic E-state index is 0.0560. The molecule has 2 rings (SSSR count). The quantitative estimate of drug-likeness (QED) is 0.842. The van der Waals surface area contributed by atoms with Crippen LogP contribution in [-0.2, 0) is 6.54 Å². The Morgan fingerprint density at radius 3 is 2.55 bits per heavy atom. The van der Waals surface area contributed by atoms with Gasteiger partial charge in [0.2, 0.25) is 0 Å². The zero-order chi connectivity index (χ0) is 15.9. The van der Waals surface area contributed by atoms with Crippen molar-refractivity contribution in [1.29, 1.82) is 0 Å². The SMILES string of the molecule is CCOc1ccc(Cl)cc1C(CN)N(C)Cc1ccccc1. The molecule has 0 bridgehead atoms. The third kappa shape index (κ3) is 4.23. The van der Waals surface area contributed by atoms with Crippen LogP contribution in [0.15, 0.2) is 48.5 Å². The lowest BCUT2D eigenvalue weighted by molar-refractivity contribution is 0.232. The molecule has 1 unspecified atom stereocenters. The number of nitrogens with two attached hydrogens (primary N) is 1. The summed E-state index contributed by atoms with van der Waals surface area (Å²) in [4.78, 5) is 2.23. The zero-order valence-electron chi connectivity index (χ0n) is 13.1. The Labute approximate surface area is 137 Å². The van der Waals surface area contributed by atoms with Crippen LogP contribution >= 0.6 is 11.6 Å². The van der Waals surface area contributed by atoms with Crippen LogP contribution < -0.4 is 10.5 Å². The molecule has 2 N–H and O–H groups in total. The Kier molecular flexibility index (Phi) is 6.25. The van der Waals surface area contributed by atoms with E-state index in [0.717, 1.165) is 17.9 Å². The van der Waals surface area contributed by atoms with E-state index in [9.17, 15) is 0 Å². The molecule has 0 aliphatic carbocycles. The second kappa shape index (κ2) is 8.18. The van der Waals surface area contributed by atoms with Crippen molar-refractivity contribution in [2.45, 2.75) is 19.5 Å². The smallest absolute Gasteiger partial charge is 0.124 e. The summed E-state index contributed by atoms with van der Waals surface area (Å²) in [5, 5.41) is 0.699. The zero-order valence-corrected chi connectivity index (χ0v) is 13.9. The highest BCUT2D eigenvalue weighted by Gasteiger charge is 2.20. The van der Waals surface area contributed by atoms with Crippen LogP contribution in [0.4, 0.5) is 0 Å². The molecule has 22 heavy (non-hydrogen) atoms. The number of hydrogen-bond donors (Lipinski definition) is 1. The predicted molar refractivity (Wildman–Crippen MR) is 92.3 cm³/mol. The second-order valence-corrected chi connectivity index (χ2v) is 5.70. The van der Waals surface area contributed by atoms with Crippen molar-refractivity contribution in [2.24, 2.45) is 5.73 Å². The first-order chi connectivity index (χ1) is 10.7. The van der Waals surface area contributed by atoms with E-state index in [1.54, 1.807) is 0 Å². The van der Waals surface area contributed by atoms with Crippen molar-refractivity contribution in [3.8, 4) is 5.75 Å². The normalized spacial score (nSPS) is 12.4. The largest absolute Gasteiger partial charge is 0.494 e. The van der Waals surface area contributed by atoms with Crippen LogP contribution in [0.25, 0.3) is 0 Å². The molecule has 2 aromatic carbocycles. The van der Waals surface area contributed by atoms with Crippen molar-refractivity contribution in [3.63, 3.8) is 0 Å². The Hall–Kier alpha value is -1.55. The van der Waals surface area contributed by atoms with Gasteiger partial charge in [0.1, 0.15) is 5.75 Å². The molecule has 0 aromatic heterocycles. The van der Waals surface area contributed by atoms with Crippen molar-refractivity contribution >= 4 is 11.6 Å². The molecule has 0 saturated heterocycles. The van der Waals surface area contributed by atoms with E-state index in [2.05, 4.69) is 24.1 Å². The lowest BCUT2D eigenvalue weighted by Crippen LogP contribution is -2.30. The van der Waals surface area contributed by atoms with E-state index < -0.39 is 0 Å². The summed E-state index contributed by atoms with van der Waals surface area (Å²) in [5.74, 6) is 0.849. The number of rotatable bonds is 7. The average molecular weight is 319 g/mol. The van der Waals surface area contributed by atoms with Crippen LogP contribution in [0.3, 0.4) is 0 Å². The summed E-state index contributed by atoms with van der Waals surface area (Å²) in [6, 6.07) is 16.1. The monoisotopic (exact) mass is 318 g/mol. The Bertz CT molecular complexity index is 589. The maximum absolute atomic E-state index is 6.17. The molecule has 0 radical (unpaired) electrons. The fourth-order valence-corrected chi connectivity index (χ4v) is 2.77. The highest BCUT2D eigenvalue weighted by molar-refractivity contribution is 6.30. The molecule has 2 aromatic rings. The maximum atomic E-state index is 6.17. The van der Waals surface area contributed by atoms with Gasteiger partial charge in [0, 0.05) is 23.7 Å². The van der Waals surface area contributed by atoms with Gasteiger partial charge >= 0.3 is 0 Å². The first-order valence-electron chi connectivity index (χ1n) is 7.52. The van der Waals surface area contributed by atoms with Gasteiger partial charge in [-0.05, 0) is 37.7 Å². The number of likely N-dealkylation sites (N-methyl/N-ethyl adjacent to an activating group) is 1. The molecular weight excluding hydrogens is 296 g/mol. The topological polar surface area (TPSA) is 38.5 Å². The third-order valence-electron chi connectivity index (χ3n) is 3.66. The van der Waals surface area contributed by atoms with Crippen molar-refractivity contribution < 1.29 is 4.74 Å². The molecule has 0 aliphatic rings. The number of nitrogens with zero attached hydrogens (tertiary/aromatic N) is 1. The summed E-state index contributed by atoms with van der Waals surface area (Å²) in [5.41, 5.74) is 8.32. The minimum Gasteiger partial charge on any atom is -0.494 e. The number of halogens is 1. The lowest BCUT2D eigenvalue weighted by Gasteiger charge is -2.29. The molecule has 118 valence electrons. The standard InChI is InChI=1S/C18H23ClN2O/c1-3-22-18-10-9-15(19)11-16(18)17(12-20)21(2)13-14-7-5-4-6-8-14/h4-11,17H,3,12-13,20H2,1-2H3. The molecule has 0 fully saturated rings. The summed E-state index contributed by atoms with van der Waals surface area (Å²) in [6.45, 7) is 3.92. The van der Waals surface area contributed by atoms with Gasteiger partial charge < -0.3 is 10.5 Å². The molecule has 1 atom stereocenters. The van der Waals surface area contributed by atoms with Gasteiger partial charge in [0.05, 0.1) is 12.6 Å². The molecule has 0 saturated carbocycles. The fourth-order valence-electron chi connectivity index (χ4n) is 2.59. The van der Waals surface area contributed by atoms with Gasteiger partial charge in [-0.15, -0.1) is 0 Å². The average Bonchev–Trinajstić information content (AvgIpc) is 2.52. The number of benzene rings is 2. The van der Waals surface area contributed by atoms with Gasteiger partial charge in [0.25, 0.3) is 0 Å². The first-order valence-corrected chi connectivity index (χ1v) is 7.90. The van der Waals surface area contributed by atoms with Crippen molar-refractivity contribution in [1.82, 2.24) is 4.90 Å². The molecule has 0 aliphatic heterocycles. The van der Waals surface area contributed by atoms with E-state index in [1.165, 1.54) is 5.56 Å². The highest BCUT2D eigenvalue weighted by atomic mass is 35.5. The van der Waals surface area contributed by atoms with E-state index in [4.69, 9.17) is 22.1 Å². The lowest BCUT2D eigenvalue weighted by atomic mass is 10.0. The summed E-state index contributed by atoms with van der Waals surface area (Å²) in [6.07, 6.45) is 0. The van der Waals surface area contributed by atoms with Crippen molar-refractivity contribution in [3.05, 3.63) is 64.7 Å². The second-order valence-electron chi connectivity index (χ2n) is 5.27. The van der Waals surface area contributed by atoms with Crippen molar-refractivity contribution in [2.75, 3.05) is 20.2 Å². The molecule has 0 heterocycles. The summed E-state index contributed by atoms with van der Waals surface area (Å²) < 4.78 is 5.73. The van der Waals surface area contributed by atoms with Gasteiger partial charge in [-0.25, -0.2) is 0 Å². The van der Waals surface area contributed by atoms with Crippen LogP contribution in [0.1, 0.15) is 24.1 Å². The fraction of sp³-hybridized carbons (Fsp3) is 0.333. The predicted octanol–water partition coefficient (Wildman–Crippen LogP) is 3.87. The van der Waals surface area contributed by atoms with Crippen LogP contribution in [0.2, 0.25) is 5.02 Å². The van der Waals surface area contributed by atoms with Gasteiger partial charge in [-0.3, -0.25) is 4.90 Å². The van der Waals surface area contributed by atoms with E-state index in [0.29, 0.717) is 18.2 Å². The third-order valence-corrected chi connectivity index (χ3v) is 3.90. The number of hydrogen-bond acceptors (Lipinski definition) is 3. The van der Waals surface area contributed by atoms with Gasteiger partial charge in [-0.1, -0.05) is 41.9 Å². The van der Waals surface area contributed by atoms with Crippen LogP contribution in [0.5, 0.6) is 5.75 Å². The minimum absolute atomic E-state index is 0.0560. The van der Waals surface area contributed by atoms with Crippen LogP contribution in [0, 0.1) is 0 Å². The molecule has 0 amide bonds.